The van der Waals surface area contributed by atoms with E-state index in [-0.39, 0.29) is 17.9 Å². The number of anilines is 1. The van der Waals surface area contributed by atoms with E-state index in [0.29, 0.717) is 6.61 Å². The van der Waals surface area contributed by atoms with E-state index in [1.807, 2.05) is 6.92 Å². The van der Waals surface area contributed by atoms with Gasteiger partial charge in [-0.25, -0.2) is 0 Å². The number of nitrogens with one attached hydrogen (secondary N) is 1. The summed E-state index contributed by atoms with van der Waals surface area (Å²) in [5.41, 5.74) is 0.756. The fourth-order valence-corrected chi connectivity index (χ4v) is 1.89. The van der Waals surface area contributed by atoms with Gasteiger partial charge < -0.3 is 14.8 Å². The Balaban J connectivity index is 1.95. The van der Waals surface area contributed by atoms with Gasteiger partial charge in [0.2, 0.25) is 0 Å². The second-order valence-corrected chi connectivity index (χ2v) is 4.19. The largest absolute Gasteiger partial charge is 0.573 e. The van der Waals surface area contributed by atoms with Gasteiger partial charge in [-0.2, -0.15) is 0 Å². The van der Waals surface area contributed by atoms with Crippen molar-refractivity contribution in [3.05, 3.63) is 24.3 Å². The average Bonchev–Trinajstić information content (AvgIpc) is 2.65. The molecule has 1 fully saturated rings. The first-order valence-electron chi connectivity index (χ1n) is 5.68. The highest BCUT2D eigenvalue weighted by Crippen LogP contribution is 2.25. The Labute approximate surface area is 103 Å². The molecule has 1 aromatic rings. The fourth-order valence-electron chi connectivity index (χ4n) is 1.89. The molecule has 3 nitrogen and oxygen atoms in total. The van der Waals surface area contributed by atoms with Crippen LogP contribution in [0.3, 0.4) is 0 Å². The minimum atomic E-state index is -4.65. The van der Waals surface area contributed by atoms with E-state index in [4.69, 9.17) is 4.74 Å². The Hall–Kier alpha value is -1.43. The van der Waals surface area contributed by atoms with Crippen LogP contribution in [0, 0.1) is 0 Å². The maximum atomic E-state index is 12.0. The van der Waals surface area contributed by atoms with Crippen molar-refractivity contribution in [1.82, 2.24) is 0 Å². The lowest BCUT2D eigenvalue weighted by molar-refractivity contribution is -0.274. The first-order valence-corrected chi connectivity index (χ1v) is 5.68. The molecule has 1 N–H and O–H groups in total. The maximum Gasteiger partial charge on any atom is 0.573 e. The Bertz CT molecular complexity index is 391. The van der Waals surface area contributed by atoms with Crippen LogP contribution in [0.25, 0.3) is 0 Å². The molecule has 0 spiro atoms. The van der Waals surface area contributed by atoms with Crippen LogP contribution >= 0.6 is 0 Å². The van der Waals surface area contributed by atoms with Crippen molar-refractivity contribution < 1.29 is 22.6 Å². The molecule has 2 atom stereocenters. The number of rotatable bonds is 3. The van der Waals surface area contributed by atoms with Crippen molar-refractivity contribution >= 4 is 5.69 Å². The van der Waals surface area contributed by atoms with Crippen LogP contribution in [0.4, 0.5) is 18.9 Å². The molecular weight excluding hydrogens is 247 g/mol. The van der Waals surface area contributed by atoms with Crippen LogP contribution in [-0.4, -0.2) is 25.1 Å². The highest BCUT2D eigenvalue weighted by molar-refractivity contribution is 5.47. The third-order valence-electron chi connectivity index (χ3n) is 2.82. The van der Waals surface area contributed by atoms with E-state index in [1.165, 1.54) is 12.1 Å². The molecule has 1 aliphatic heterocycles. The van der Waals surface area contributed by atoms with Crippen molar-refractivity contribution in [1.29, 1.82) is 0 Å². The van der Waals surface area contributed by atoms with Gasteiger partial charge in [0, 0.05) is 12.3 Å². The molecule has 100 valence electrons. The normalized spacial score (nSPS) is 24.0. The summed E-state index contributed by atoms with van der Waals surface area (Å²) in [4.78, 5) is 0. The third-order valence-corrected chi connectivity index (χ3v) is 2.82. The molecule has 2 unspecified atom stereocenters. The van der Waals surface area contributed by atoms with Crippen LogP contribution in [-0.2, 0) is 4.74 Å². The monoisotopic (exact) mass is 261 g/mol. The highest BCUT2D eigenvalue weighted by atomic mass is 19.4. The molecule has 2 rings (SSSR count). The lowest BCUT2D eigenvalue weighted by Crippen LogP contribution is -2.26. The van der Waals surface area contributed by atoms with E-state index >= 15 is 0 Å². The lowest BCUT2D eigenvalue weighted by Gasteiger charge is -2.17. The summed E-state index contributed by atoms with van der Waals surface area (Å²) < 4.78 is 45.1. The van der Waals surface area contributed by atoms with E-state index in [2.05, 4.69) is 10.1 Å². The molecule has 1 aliphatic rings. The summed E-state index contributed by atoms with van der Waals surface area (Å²) in [6.07, 6.45) is -3.65. The molecule has 0 aliphatic carbocycles. The molecule has 0 amide bonds. The van der Waals surface area contributed by atoms with Gasteiger partial charge in [0.05, 0.1) is 12.1 Å². The number of benzene rings is 1. The van der Waals surface area contributed by atoms with Crippen LogP contribution in [0.5, 0.6) is 5.75 Å². The molecule has 1 heterocycles. The highest BCUT2D eigenvalue weighted by Gasteiger charge is 2.31. The minimum absolute atomic E-state index is 0.108. The third kappa shape index (κ3) is 3.53. The standard InChI is InChI=1S/C12H14F3NO2/c1-8-11(6-7-17-8)16-9-2-4-10(5-3-9)18-12(13,14)15/h2-5,8,11,16H,6-7H2,1H3. The Morgan fingerprint density at radius 2 is 1.94 bits per heavy atom. The van der Waals surface area contributed by atoms with E-state index in [0.717, 1.165) is 12.1 Å². The van der Waals surface area contributed by atoms with Crippen molar-refractivity contribution in [2.45, 2.75) is 31.9 Å². The van der Waals surface area contributed by atoms with Crippen LogP contribution < -0.4 is 10.1 Å². The number of ether oxygens (including phenoxy) is 2. The number of hydrogen-bond donors (Lipinski definition) is 1. The van der Waals surface area contributed by atoms with Crippen molar-refractivity contribution in [3.63, 3.8) is 0 Å². The Morgan fingerprint density at radius 1 is 1.28 bits per heavy atom. The van der Waals surface area contributed by atoms with Gasteiger partial charge in [-0.3, -0.25) is 0 Å². The number of hydrogen-bond acceptors (Lipinski definition) is 3. The van der Waals surface area contributed by atoms with Gasteiger partial charge >= 0.3 is 6.36 Å². The Morgan fingerprint density at radius 3 is 2.44 bits per heavy atom. The first kappa shape index (κ1) is 13.0. The van der Waals surface area contributed by atoms with Gasteiger partial charge in [0.25, 0.3) is 0 Å². The van der Waals surface area contributed by atoms with Crippen molar-refractivity contribution in [3.8, 4) is 5.75 Å². The maximum absolute atomic E-state index is 12.0. The number of alkyl halides is 3. The summed E-state index contributed by atoms with van der Waals surface area (Å²) in [6, 6.07) is 5.89. The van der Waals surface area contributed by atoms with Crippen LogP contribution in [0.15, 0.2) is 24.3 Å². The van der Waals surface area contributed by atoms with E-state index in [9.17, 15) is 13.2 Å². The first-order chi connectivity index (χ1) is 8.44. The summed E-state index contributed by atoms with van der Waals surface area (Å²) in [5, 5.41) is 3.22. The molecule has 1 aromatic carbocycles. The van der Waals surface area contributed by atoms with E-state index in [1.54, 1.807) is 12.1 Å². The minimum Gasteiger partial charge on any atom is -0.406 e. The summed E-state index contributed by atoms with van der Waals surface area (Å²) in [6.45, 7) is 2.67. The van der Waals surface area contributed by atoms with Crippen molar-refractivity contribution in [2.24, 2.45) is 0 Å². The Kier molecular flexibility index (Phi) is 3.65. The predicted octanol–water partition coefficient (Wildman–Crippen LogP) is 3.17. The van der Waals surface area contributed by atoms with Gasteiger partial charge in [-0.1, -0.05) is 0 Å². The topological polar surface area (TPSA) is 30.5 Å². The van der Waals surface area contributed by atoms with Gasteiger partial charge in [-0.05, 0) is 37.6 Å². The summed E-state index contributed by atoms with van der Waals surface area (Å²) in [5.74, 6) is -0.219. The van der Waals surface area contributed by atoms with Crippen molar-refractivity contribution in [2.75, 3.05) is 11.9 Å². The van der Waals surface area contributed by atoms with Gasteiger partial charge in [0.1, 0.15) is 5.75 Å². The van der Waals surface area contributed by atoms with Crippen LogP contribution in [0.1, 0.15) is 13.3 Å². The quantitative estimate of drug-likeness (QED) is 0.906. The SMILES string of the molecule is CC1OCCC1Nc1ccc(OC(F)(F)F)cc1. The molecular formula is C12H14F3NO2. The predicted molar refractivity (Wildman–Crippen MR) is 60.6 cm³/mol. The lowest BCUT2D eigenvalue weighted by atomic mass is 10.1. The summed E-state index contributed by atoms with van der Waals surface area (Å²) in [7, 11) is 0. The van der Waals surface area contributed by atoms with E-state index < -0.39 is 6.36 Å². The molecule has 0 saturated carbocycles. The molecule has 0 bridgehead atoms. The molecule has 18 heavy (non-hydrogen) atoms. The second kappa shape index (κ2) is 5.06. The molecule has 1 saturated heterocycles. The van der Waals surface area contributed by atoms with Gasteiger partial charge in [-0.15, -0.1) is 13.2 Å². The van der Waals surface area contributed by atoms with Gasteiger partial charge in [0.15, 0.2) is 0 Å². The number of halogens is 3. The van der Waals surface area contributed by atoms with Crippen LogP contribution in [0.2, 0.25) is 0 Å². The molecule has 0 radical (unpaired) electrons. The zero-order chi connectivity index (χ0) is 13.2. The zero-order valence-electron chi connectivity index (χ0n) is 9.83. The molecule has 6 heteroatoms. The second-order valence-electron chi connectivity index (χ2n) is 4.19. The zero-order valence-corrected chi connectivity index (χ0v) is 9.83. The fraction of sp³-hybridized carbons (Fsp3) is 0.500. The smallest absolute Gasteiger partial charge is 0.406 e. The summed E-state index contributed by atoms with van der Waals surface area (Å²) >= 11 is 0. The molecule has 0 aromatic heterocycles. The average molecular weight is 261 g/mol.